The molecule has 0 saturated heterocycles. The Morgan fingerprint density at radius 2 is 1.94 bits per heavy atom. The lowest BCUT2D eigenvalue weighted by Crippen LogP contribution is -2.19. The Morgan fingerprint density at radius 1 is 1.29 bits per heavy atom. The van der Waals surface area contributed by atoms with Gasteiger partial charge in [-0.3, -0.25) is 0 Å². The van der Waals surface area contributed by atoms with Crippen molar-refractivity contribution in [3.63, 3.8) is 0 Å². The maximum Gasteiger partial charge on any atom is 0.329 e. The first-order valence-electron chi connectivity index (χ1n) is 5.36. The molecule has 0 heterocycles. The van der Waals surface area contributed by atoms with E-state index in [0.717, 1.165) is 23.3 Å². The molecule has 0 amide bonds. The van der Waals surface area contributed by atoms with Gasteiger partial charge in [-0.05, 0) is 6.42 Å². The third-order valence-corrected chi connectivity index (χ3v) is 7.74. The van der Waals surface area contributed by atoms with Crippen molar-refractivity contribution in [2.24, 2.45) is 0 Å². The van der Waals surface area contributed by atoms with Crippen molar-refractivity contribution in [3.8, 4) is 0 Å². The zero-order valence-corrected chi connectivity index (χ0v) is 18.0. The van der Waals surface area contributed by atoms with E-state index < -0.39 is 45.8 Å². The van der Waals surface area contributed by atoms with Crippen molar-refractivity contribution >= 4 is 56.2 Å². The van der Waals surface area contributed by atoms with E-state index in [0.29, 0.717) is 5.20 Å². The third-order valence-electron chi connectivity index (χ3n) is 1.75. The molecule has 0 bridgehead atoms. The number of unbranched alkanes of at least 4 members (excludes halogenated alkanes) is 1. The summed E-state index contributed by atoms with van der Waals surface area (Å²) in [5, 5.41) is 9.36. The molecule has 100 valence electrons. The maximum atomic E-state index is 10.8. The van der Waals surface area contributed by atoms with Crippen LogP contribution in [-0.4, -0.2) is 61.3 Å². The van der Waals surface area contributed by atoms with Gasteiger partial charge < -0.3 is 21.6 Å². The first-order chi connectivity index (χ1) is 8.22. The molecule has 0 aliphatic heterocycles. The van der Waals surface area contributed by atoms with Gasteiger partial charge in [0.1, 0.15) is 10.5 Å². The van der Waals surface area contributed by atoms with Gasteiger partial charge in [0.05, 0.1) is 0 Å². The van der Waals surface area contributed by atoms with Gasteiger partial charge >= 0.3 is 5.97 Å². The Bertz CT molecular complexity index is 237. The van der Waals surface area contributed by atoms with Crippen LogP contribution in [0.5, 0.6) is 0 Å². The summed E-state index contributed by atoms with van der Waals surface area (Å²) in [7, 11) is -3.16. The van der Waals surface area contributed by atoms with E-state index in [2.05, 4.69) is 0 Å². The van der Waals surface area contributed by atoms with Crippen molar-refractivity contribution < 1.29 is 26.4 Å². The summed E-state index contributed by atoms with van der Waals surface area (Å²) in [5.41, 5.74) is 0. The molecule has 0 aliphatic carbocycles. The number of hydrogen-bond acceptors (Lipinski definition) is 5. The fourth-order valence-corrected chi connectivity index (χ4v) is 8.38. The van der Waals surface area contributed by atoms with Crippen LogP contribution < -0.4 is 0 Å². The maximum absolute atomic E-state index is 10.8. The smallest absolute Gasteiger partial charge is 0.329 e. The molecular weight excluding hydrogens is 308 g/mol. The summed E-state index contributed by atoms with van der Waals surface area (Å²) < 4.78 is 20.8. The van der Waals surface area contributed by atoms with Gasteiger partial charge in [-0.1, -0.05) is 19.4 Å². The van der Waals surface area contributed by atoms with E-state index in [1.807, 2.05) is 6.92 Å². The molecule has 0 spiro atoms. The molecule has 0 aromatic rings. The molecule has 0 aromatic carbocycles. The molecule has 0 aliphatic rings. The van der Waals surface area contributed by atoms with Crippen LogP contribution in [0, 0.1) is 0 Å². The number of allylic oxidation sites excluding steroid dienone is 1. The highest BCUT2D eigenvalue weighted by Crippen LogP contribution is 1.98. The predicted octanol–water partition coefficient (Wildman–Crippen LogP) is -3.82. The second-order valence-corrected chi connectivity index (χ2v) is 12.2. The summed E-state index contributed by atoms with van der Waals surface area (Å²) in [6.07, 6.45) is 3.51. The minimum atomic E-state index is -1.13. The SMILES string of the molecule is CCC/C=C(/[SiH2]O[SiH2]O[SiH2]O[SiH2]O[SiH3])C(=O)O. The fraction of sp³-hybridized carbons (Fsp3) is 0.500. The fourth-order valence-electron chi connectivity index (χ4n) is 0.947. The standard InChI is InChI=1S/C6H20O6Si5/c1-2-3-4-5(6(7)8)14-10-16-12-17-11-15-9-13/h4H,2-3,14-17H2,1,13H3,(H,7,8)/b5-4+. The molecule has 0 atom stereocenters. The Hall–Kier alpha value is 0.134. The molecule has 1 N–H and O–H groups in total. The van der Waals surface area contributed by atoms with Crippen LogP contribution in [0.1, 0.15) is 19.8 Å². The average molecular weight is 329 g/mol. The molecule has 0 rings (SSSR count). The van der Waals surface area contributed by atoms with Crippen molar-refractivity contribution in [2.75, 3.05) is 0 Å². The molecule has 0 aromatic heterocycles. The second-order valence-electron chi connectivity index (χ2n) is 3.22. The number of carboxylic acids is 1. The van der Waals surface area contributed by atoms with Gasteiger partial charge in [-0.25, -0.2) is 4.79 Å². The Labute approximate surface area is 114 Å². The van der Waals surface area contributed by atoms with Gasteiger partial charge in [-0.15, -0.1) is 0 Å². The Balaban J connectivity index is 3.58. The van der Waals surface area contributed by atoms with Gasteiger partial charge in [0.15, 0.2) is 9.76 Å². The Kier molecular flexibility index (Phi) is 12.7. The van der Waals surface area contributed by atoms with Gasteiger partial charge in [0, 0.05) is 5.20 Å². The Morgan fingerprint density at radius 3 is 2.53 bits per heavy atom. The molecule has 0 fully saturated rings. The number of carboxylic acid groups (broad SMARTS) is 1. The van der Waals surface area contributed by atoms with Gasteiger partial charge in [0.2, 0.25) is 0 Å². The normalized spacial score (nSPS) is 14.8. The van der Waals surface area contributed by atoms with Gasteiger partial charge in [0.25, 0.3) is 30.0 Å². The summed E-state index contributed by atoms with van der Waals surface area (Å²) >= 11 is 0. The van der Waals surface area contributed by atoms with E-state index >= 15 is 0 Å². The topological polar surface area (TPSA) is 74.2 Å². The summed E-state index contributed by atoms with van der Waals surface area (Å²) in [6.45, 7) is 2.02. The monoisotopic (exact) mass is 328 g/mol. The minimum absolute atomic E-state index is 0.447. The van der Waals surface area contributed by atoms with Crippen LogP contribution in [0.3, 0.4) is 0 Å². The van der Waals surface area contributed by atoms with E-state index in [4.69, 9.17) is 21.6 Å². The molecule has 0 saturated carbocycles. The first-order valence-corrected chi connectivity index (χ1v) is 10.9. The molecule has 6 nitrogen and oxygen atoms in total. The van der Waals surface area contributed by atoms with Crippen LogP contribution in [0.2, 0.25) is 0 Å². The van der Waals surface area contributed by atoms with Crippen molar-refractivity contribution in [2.45, 2.75) is 19.8 Å². The predicted molar refractivity (Wildman–Crippen MR) is 79.1 cm³/mol. The molecule has 0 radical (unpaired) electrons. The van der Waals surface area contributed by atoms with Crippen LogP contribution in [0.4, 0.5) is 0 Å². The van der Waals surface area contributed by atoms with Crippen molar-refractivity contribution in [3.05, 3.63) is 11.3 Å². The van der Waals surface area contributed by atoms with Crippen molar-refractivity contribution in [1.82, 2.24) is 0 Å². The lowest BCUT2D eigenvalue weighted by molar-refractivity contribution is -0.132. The summed E-state index contributed by atoms with van der Waals surface area (Å²) in [6, 6.07) is 0. The largest absolute Gasteiger partial charge is 0.478 e. The van der Waals surface area contributed by atoms with Gasteiger partial charge in [-0.2, -0.15) is 0 Å². The summed E-state index contributed by atoms with van der Waals surface area (Å²) in [4.78, 5) is 10.8. The second kappa shape index (κ2) is 12.6. The summed E-state index contributed by atoms with van der Waals surface area (Å²) in [5.74, 6) is -0.857. The minimum Gasteiger partial charge on any atom is -0.478 e. The third kappa shape index (κ3) is 11.0. The molecule has 0 unspecified atom stereocenters. The average Bonchev–Trinajstić information content (AvgIpc) is 2.31. The molecule has 11 heteroatoms. The van der Waals surface area contributed by atoms with Crippen LogP contribution in [0.25, 0.3) is 0 Å². The van der Waals surface area contributed by atoms with Crippen molar-refractivity contribution in [1.29, 1.82) is 0 Å². The first kappa shape index (κ1) is 17.1. The van der Waals surface area contributed by atoms with Crippen LogP contribution in [-0.2, 0) is 21.3 Å². The zero-order valence-electron chi connectivity index (χ0n) is 10.3. The van der Waals surface area contributed by atoms with E-state index in [1.165, 1.54) is 0 Å². The highest BCUT2D eigenvalue weighted by molar-refractivity contribution is 6.54. The molecule has 17 heavy (non-hydrogen) atoms. The lowest BCUT2D eigenvalue weighted by atomic mass is 10.3. The number of hydrogen-bond donors (Lipinski definition) is 1. The zero-order chi connectivity index (χ0) is 12.9. The van der Waals surface area contributed by atoms with Crippen LogP contribution >= 0.6 is 0 Å². The highest BCUT2D eigenvalue weighted by atomic mass is 28.4. The van der Waals surface area contributed by atoms with E-state index in [9.17, 15) is 4.79 Å². The number of rotatable bonds is 11. The van der Waals surface area contributed by atoms with E-state index in [-0.39, 0.29) is 0 Å². The quantitative estimate of drug-likeness (QED) is 0.238. The van der Waals surface area contributed by atoms with Crippen LogP contribution in [0.15, 0.2) is 11.3 Å². The highest BCUT2D eigenvalue weighted by Gasteiger charge is 2.07. The van der Waals surface area contributed by atoms with E-state index in [1.54, 1.807) is 6.08 Å². The lowest BCUT2D eigenvalue weighted by Gasteiger charge is -2.06. The number of aliphatic carboxylic acids is 1. The number of carbonyl (C=O) groups is 1. The molecular formula is C6H20O6Si5.